The molecule has 0 heterocycles. The van der Waals surface area contributed by atoms with Crippen molar-refractivity contribution in [2.24, 2.45) is 11.3 Å². The van der Waals surface area contributed by atoms with Gasteiger partial charge in [-0.3, -0.25) is 4.79 Å². The lowest BCUT2D eigenvalue weighted by atomic mass is 9.87. The zero-order valence-electron chi connectivity index (χ0n) is 7.70. The largest absolute Gasteiger partial charge is 0.481 e. The highest BCUT2D eigenvalue weighted by Gasteiger charge is 2.53. The Balaban J connectivity index is 2.14. The highest BCUT2D eigenvalue weighted by Crippen LogP contribution is 2.56. The van der Waals surface area contributed by atoms with E-state index in [-0.39, 0.29) is 5.41 Å². The molecule has 2 rings (SSSR count). The average Bonchev–Trinajstić information content (AvgIpc) is 2.84. The standard InChI is InChI=1S/C10H16O3/c11-8-7(9(12)13)3-1-2-4-10(8)5-6-10/h7-8,11H,1-6H2,(H,12,13). The molecule has 0 aromatic carbocycles. The third-order valence-corrected chi connectivity index (χ3v) is 3.66. The molecule has 2 atom stereocenters. The Morgan fingerprint density at radius 2 is 1.92 bits per heavy atom. The SMILES string of the molecule is O=C(O)C1CCCCC2(CC2)C1O. The molecule has 74 valence electrons. The van der Waals surface area contributed by atoms with E-state index < -0.39 is 18.0 Å². The van der Waals surface area contributed by atoms with Gasteiger partial charge in [0.2, 0.25) is 0 Å². The molecule has 3 nitrogen and oxygen atoms in total. The lowest BCUT2D eigenvalue weighted by Gasteiger charge is -2.23. The number of aliphatic carboxylic acids is 1. The van der Waals surface area contributed by atoms with Crippen molar-refractivity contribution in [1.82, 2.24) is 0 Å². The van der Waals surface area contributed by atoms with Crippen LogP contribution in [0.25, 0.3) is 0 Å². The summed E-state index contributed by atoms with van der Waals surface area (Å²) in [6, 6.07) is 0. The van der Waals surface area contributed by atoms with Crippen molar-refractivity contribution in [3.05, 3.63) is 0 Å². The van der Waals surface area contributed by atoms with E-state index in [1.54, 1.807) is 0 Å². The summed E-state index contributed by atoms with van der Waals surface area (Å²) in [5.74, 6) is -1.33. The fourth-order valence-electron chi connectivity index (χ4n) is 2.54. The second-order valence-electron chi connectivity index (χ2n) is 4.50. The molecule has 2 unspecified atom stereocenters. The van der Waals surface area contributed by atoms with E-state index in [2.05, 4.69) is 0 Å². The Hall–Kier alpha value is -0.570. The molecule has 0 amide bonds. The topological polar surface area (TPSA) is 57.5 Å². The third kappa shape index (κ3) is 1.46. The minimum Gasteiger partial charge on any atom is -0.481 e. The molecule has 0 bridgehead atoms. The van der Waals surface area contributed by atoms with E-state index in [9.17, 15) is 9.90 Å². The third-order valence-electron chi connectivity index (χ3n) is 3.66. The van der Waals surface area contributed by atoms with Crippen LogP contribution >= 0.6 is 0 Å². The Bertz CT molecular complexity index is 220. The molecular formula is C10H16O3. The molecule has 3 heteroatoms. The Morgan fingerprint density at radius 3 is 2.46 bits per heavy atom. The molecule has 0 radical (unpaired) electrons. The highest BCUT2D eigenvalue weighted by atomic mass is 16.4. The van der Waals surface area contributed by atoms with Crippen molar-refractivity contribution in [3.63, 3.8) is 0 Å². The van der Waals surface area contributed by atoms with Crippen LogP contribution in [0.3, 0.4) is 0 Å². The predicted molar refractivity (Wildman–Crippen MR) is 47.3 cm³/mol. The minimum atomic E-state index is -0.819. The number of rotatable bonds is 1. The summed E-state index contributed by atoms with van der Waals surface area (Å²) in [7, 11) is 0. The van der Waals surface area contributed by atoms with E-state index in [4.69, 9.17) is 5.11 Å². The van der Waals surface area contributed by atoms with Crippen LogP contribution in [0.5, 0.6) is 0 Å². The van der Waals surface area contributed by atoms with Gasteiger partial charge in [-0.05, 0) is 31.1 Å². The summed E-state index contributed by atoms with van der Waals surface area (Å²) >= 11 is 0. The number of hydrogen-bond acceptors (Lipinski definition) is 2. The van der Waals surface area contributed by atoms with Gasteiger partial charge >= 0.3 is 5.97 Å². The zero-order chi connectivity index (χ0) is 9.47. The van der Waals surface area contributed by atoms with Gasteiger partial charge in [-0.1, -0.05) is 12.8 Å². The summed E-state index contributed by atoms with van der Waals surface area (Å²) in [6.07, 6.45) is 5.18. The summed E-state index contributed by atoms with van der Waals surface area (Å²) in [6.45, 7) is 0. The molecule has 0 aliphatic heterocycles. The lowest BCUT2D eigenvalue weighted by Crippen LogP contribution is -2.34. The minimum absolute atomic E-state index is 0.000440. The van der Waals surface area contributed by atoms with Gasteiger partial charge in [-0.15, -0.1) is 0 Å². The number of aliphatic hydroxyl groups excluding tert-OH is 1. The highest BCUT2D eigenvalue weighted by molar-refractivity contribution is 5.71. The van der Waals surface area contributed by atoms with Crippen molar-refractivity contribution in [2.45, 2.75) is 44.6 Å². The van der Waals surface area contributed by atoms with Crippen molar-refractivity contribution in [3.8, 4) is 0 Å². The van der Waals surface area contributed by atoms with E-state index in [0.717, 1.165) is 32.1 Å². The van der Waals surface area contributed by atoms with Crippen LogP contribution in [0.4, 0.5) is 0 Å². The second kappa shape index (κ2) is 2.98. The summed E-state index contributed by atoms with van der Waals surface area (Å²) in [5, 5.41) is 18.9. The molecule has 2 aliphatic carbocycles. The monoisotopic (exact) mass is 184 g/mol. The molecule has 1 spiro atoms. The maximum Gasteiger partial charge on any atom is 0.309 e. The van der Waals surface area contributed by atoms with Gasteiger partial charge in [0.15, 0.2) is 0 Å². The van der Waals surface area contributed by atoms with Crippen LogP contribution in [-0.2, 0) is 4.79 Å². The normalized spacial score (nSPS) is 37.0. The van der Waals surface area contributed by atoms with E-state index >= 15 is 0 Å². The molecule has 2 N–H and O–H groups in total. The predicted octanol–water partition coefficient (Wildman–Crippen LogP) is 1.40. The molecule has 0 saturated heterocycles. The van der Waals surface area contributed by atoms with E-state index in [0.29, 0.717) is 6.42 Å². The Morgan fingerprint density at radius 1 is 1.23 bits per heavy atom. The smallest absolute Gasteiger partial charge is 0.309 e. The van der Waals surface area contributed by atoms with Gasteiger partial charge in [0.25, 0.3) is 0 Å². The summed E-state index contributed by atoms with van der Waals surface area (Å²) < 4.78 is 0. The number of carboxylic acids is 1. The van der Waals surface area contributed by atoms with Gasteiger partial charge in [-0.25, -0.2) is 0 Å². The first-order valence-corrected chi connectivity index (χ1v) is 5.07. The van der Waals surface area contributed by atoms with Gasteiger partial charge in [0.05, 0.1) is 12.0 Å². The number of hydrogen-bond donors (Lipinski definition) is 2. The van der Waals surface area contributed by atoms with Crippen molar-refractivity contribution in [2.75, 3.05) is 0 Å². The molecule has 13 heavy (non-hydrogen) atoms. The maximum atomic E-state index is 10.9. The lowest BCUT2D eigenvalue weighted by molar-refractivity contribution is -0.147. The van der Waals surface area contributed by atoms with Crippen molar-refractivity contribution < 1.29 is 15.0 Å². The van der Waals surface area contributed by atoms with E-state index in [1.165, 1.54) is 0 Å². The molecule has 0 aromatic heterocycles. The van der Waals surface area contributed by atoms with Gasteiger partial charge < -0.3 is 10.2 Å². The summed E-state index contributed by atoms with van der Waals surface area (Å²) in [5.41, 5.74) is -0.000440. The van der Waals surface area contributed by atoms with Crippen LogP contribution in [0, 0.1) is 11.3 Å². The van der Waals surface area contributed by atoms with Crippen LogP contribution in [0.15, 0.2) is 0 Å². The van der Waals surface area contributed by atoms with Gasteiger partial charge in [0, 0.05) is 0 Å². The first-order valence-electron chi connectivity index (χ1n) is 5.07. The van der Waals surface area contributed by atoms with Gasteiger partial charge in [0.1, 0.15) is 0 Å². The fourth-order valence-corrected chi connectivity index (χ4v) is 2.54. The second-order valence-corrected chi connectivity index (χ2v) is 4.50. The van der Waals surface area contributed by atoms with Crippen LogP contribution in [-0.4, -0.2) is 22.3 Å². The molecular weight excluding hydrogens is 168 g/mol. The van der Waals surface area contributed by atoms with Crippen LogP contribution in [0.1, 0.15) is 38.5 Å². The maximum absolute atomic E-state index is 10.9. The van der Waals surface area contributed by atoms with Crippen LogP contribution < -0.4 is 0 Å². The van der Waals surface area contributed by atoms with E-state index in [1.807, 2.05) is 0 Å². The average molecular weight is 184 g/mol. The first kappa shape index (κ1) is 9.00. The number of carboxylic acid groups (broad SMARTS) is 1. The molecule has 2 aliphatic rings. The summed E-state index contributed by atoms with van der Waals surface area (Å²) in [4.78, 5) is 10.9. The first-order chi connectivity index (χ1) is 6.16. The Labute approximate surface area is 77.8 Å². The zero-order valence-corrected chi connectivity index (χ0v) is 7.70. The Kier molecular flexibility index (Phi) is 2.06. The number of carbonyl (C=O) groups is 1. The van der Waals surface area contributed by atoms with Crippen molar-refractivity contribution >= 4 is 5.97 Å². The fraction of sp³-hybridized carbons (Fsp3) is 0.900. The quantitative estimate of drug-likeness (QED) is 0.647. The molecule has 0 aromatic rings. The molecule has 2 saturated carbocycles. The molecule has 2 fully saturated rings. The van der Waals surface area contributed by atoms with Gasteiger partial charge in [-0.2, -0.15) is 0 Å². The van der Waals surface area contributed by atoms with Crippen LogP contribution in [0.2, 0.25) is 0 Å². The number of aliphatic hydroxyl groups is 1. The van der Waals surface area contributed by atoms with Crippen molar-refractivity contribution in [1.29, 1.82) is 0 Å².